The van der Waals surface area contributed by atoms with Crippen molar-refractivity contribution >= 4 is 33.9 Å². The van der Waals surface area contributed by atoms with E-state index in [1.165, 1.54) is 6.20 Å². The summed E-state index contributed by atoms with van der Waals surface area (Å²) in [6.45, 7) is 8.70. The zero-order valence-corrected chi connectivity index (χ0v) is 24.9. The number of anilines is 2. The molecule has 1 saturated carbocycles. The first-order valence-corrected chi connectivity index (χ1v) is 14.2. The minimum Gasteiger partial charge on any atom is -0.423 e. The van der Waals surface area contributed by atoms with Crippen LogP contribution in [0.5, 0.6) is 0 Å². The minimum absolute atomic E-state index is 0.0456. The fourth-order valence-corrected chi connectivity index (χ4v) is 5.29. The van der Waals surface area contributed by atoms with Gasteiger partial charge in [0.15, 0.2) is 0 Å². The van der Waals surface area contributed by atoms with Gasteiger partial charge in [0.05, 0.1) is 34.6 Å². The van der Waals surface area contributed by atoms with E-state index in [1.54, 1.807) is 17.7 Å². The summed E-state index contributed by atoms with van der Waals surface area (Å²) in [5.74, 6) is 1.00. The molecule has 11 nitrogen and oxygen atoms in total. The van der Waals surface area contributed by atoms with E-state index >= 15 is 0 Å². The molecule has 0 amide bonds. The summed E-state index contributed by atoms with van der Waals surface area (Å²) >= 11 is 6.71. The normalized spacial score (nSPS) is 14.6. The van der Waals surface area contributed by atoms with Gasteiger partial charge in [0.1, 0.15) is 23.4 Å². The average Bonchev–Trinajstić information content (AvgIpc) is 3.41. The Morgan fingerprint density at radius 3 is 2.51 bits per heavy atom. The van der Waals surface area contributed by atoms with Crippen LogP contribution in [0.4, 0.5) is 11.4 Å². The average molecular weight is 593 g/mol. The lowest BCUT2D eigenvalue weighted by molar-refractivity contribution is 0.359. The Balaban J connectivity index is 1.45. The van der Waals surface area contributed by atoms with Gasteiger partial charge in [0.25, 0.3) is 0 Å². The van der Waals surface area contributed by atoms with Crippen LogP contribution in [0.2, 0.25) is 5.02 Å². The minimum atomic E-state index is -0.526. The van der Waals surface area contributed by atoms with Crippen molar-refractivity contribution in [2.24, 2.45) is 5.41 Å². The van der Waals surface area contributed by atoms with Crippen molar-refractivity contribution < 1.29 is 4.42 Å². The number of halogens is 1. The molecule has 0 saturated heterocycles. The van der Waals surface area contributed by atoms with Gasteiger partial charge in [-0.2, -0.15) is 10.5 Å². The summed E-state index contributed by atoms with van der Waals surface area (Å²) in [6.07, 6.45) is 4.98. The van der Waals surface area contributed by atoms with Crippen molar-refractivity contribution in [2.45, 2.75) is 52.1 Å². The van der Waals surface area contributed by atoms with Gasteiger partial charge in [-0.3, -0.25) is 4.98 Å². The number of pyridine rings is 1. The third-order valence-corrected chi connectivity index (χ3v) is 7.77. The van der Waals surface area contributed by atoms with Crippen LogP contribution >= 0.6 is 11.6 Å². The van der Waals surface area contributed by atoms with E-state index in [1.807, 2.05) is 36.5 Å². The Kier molecular flexibility index (Phi) is 6.99. The summed E-state index contributed by atoms with van der Waals surface area (Å²) in [7, 11) is 0. The van der Waals surface area contributed by atoms with Crippen LogP contribution in [0.15, 0.2) is 53.2 Å². The molecule has 0 bridgehead atoms. The fourth-order valence-electron chi connectivity index (χ4n) is 5.05. The molecule has 2 N–H and O–H groups in total. The van der Waals surface area contributed by atoms with Crippen LogP contribution in [0.1, 0.15) is 73.8 Å². The highest BCUT2D eigenvalue weighted by molar-refractivity contribution is 6.31. The molecular formula is C31H29ClN10O. The van der Waals surface area contributed by atoms with Crippen molar-refractivity contribution in [3.63, 3.8) is 0 Å². The molecule has 216 valence electrons. The molecule has 1 aliphatic carbocycles. The van der Waals surface area contributed by atoms with E-state index in [0.717, 1.165) is 18.4 Å². The maximum absolute atomic E-state index is 10.1. The number of nitrogens with one attached hydrogen (secondary N) is 2. The van der Waals surface area contributed by atoms with Crippen LogP contribution < -0.4 is 10.6 Å². The zero-order chi connectivity index (χ0) is 30.4. The van der Waals surface area contributed by atoms with Gasteiger partial charge < -0.3 is 15.1 Å². The Morgan fingerprint density at radius 1 is 1.09 bits per heavy atom. The number of rotatable bonds is 8. The quantitative estimate of drug-likeness (QED) is 0.215. The smallest absolute Gasteiger partial charge is 0.244 e. The number of benzene rings is 2. The summed E-state index contributed by atoms with van der Waals surface area (Å²) in [5, 5.41) is 45.4. The Hall–Kier alpha value is -5.00. The van der Waals surface area contributed by atoms with Gasteiger partial charge in [0.2, 0.25) is 11.8 Å². The van der Waals surface area contributed by atoms with Gasteiger partial charge in [0, 0.05) is 35.8 Å². The van der Waals surface area contributed by atoms with Gasteiger partial charge in [-0.25, -0.2) is 4.68 Å². The van der Waals surface area contributed by atoms with Gasteiger partial charge in [-0.15, -0.1) is 15.3 Å². The highest BCUT2D eigenvalue weighted by atomic mass is 35.5. The second kappa shape index (κ2) is 10.7. The summed E-state index contributed by atoms with van der Waals surface area (Å²) < 4.78 is 7.54. The van der Waals surface area contributed by atoms with E-state index in [0.29, 0.717) is 62.4 Å². The first kappa shape index (κ1) is 28.1. The number of nitriles is 2. The second-order valence-corrected chi connectivity index (χ2v) is 12.4. The number of aromatic nitrogens is 6. The van der Waals surface area contributed by atoms with Gasteiger partial charge in [-0.05, 0) is 42.0 Å². The molecule has 1 unspecified atom stereocenters. The van der Waals surface area contributed by atoms with Crippen LogP contribution in [-0.2, 0) is 5.54 Å². The standard InChI is InChI=1S/C31H29ClN10O/c1-18-38-40-29(43-18)31(9-10-31)42-16-25(39-41-42)28(22-7-5-6-8-24(22)32)37-21-11-19(13-33)26-23(12-21)27(20(14-34)15-35-26)36-17-30(2,3)4/h5-8,11-12,15-16,28,37H,9-10,17H2,1-4H3,(H,35,36). The number of hydrogen-bond acceptors (Lipinski definition) is 10. The summed E-state index contributed by atoms with van der Waals surface area (Å²) in [4.78, 5) is 4.47. The second-order valence-electron chi connectivity index (χ2n) is 11.9. The zero-order valence-electron chi connectivity index (χ0n) is 24.2. The topological polar surface area (TPSA) is 154 Å². The van der Waals surface area contributed by atoms with E-state index in [9.17, 15) is 10.5 Å². The molecule has 0 aliphatic heterocycles. The van der Waals surface area contributed by atoms with Gasteiger partial charge >= 0.3 is 0 Å². The first-order chi connectivity index (χ1) is 20.6. The number of aryl methyl sites for hydroxylation is 1. The van der Waals surface area contributed by atoms with E-state index in [4.69, 9.17) is 16.0 Å². The molecule has 1 atom stereocenters. The van der Waals surface area contributed by atoms with Crippen LogP contribution in [-0.4, -0.2) is 36.7 Å². The Bertz CT molecular complexity index is 1920. The first-order valence-electron chi connectivity index (χ1n) is 13.9. The van der Waals surface area contributed by atoms with E-state index in [-0.39, 0.29) is 5.41 Å². The summed E-state index contributed by atoms with van der Waals surface area (Å²) in [5.41, 5.74) is 3.36. The van der Waals surface area contributed by atoms with Crippen LogP contribution in [0.25, 0.3) is 10.9 Å². The molecule has 6 rings (SSSR count). The number of nitrogens with zero attached hydrogens (tertiary/aromatic N) is 8. The molecule has 0 radical (unpaired) electrons. The Morgan fingerprint density at radius 2 is 1.86 bits per heavy atom. The number of hydrogen-bond donors (Lipinski definition) is 2. The lowest BCUT2D eigenvalue weighted by Gasteiger charge is -2.22. The molecule has 43 heavy (non-hydrogen) atoms. The Labute approximate surface area is 253 Å². The lowest BCUT2D eigenvalue weighted by atomic mass is 9.96. The highest BCUT2D eigenvalue weighted by Gasteiger charge is 2.52. The number of fused-ring (bicyclic) bond motifs is 1. The predicted octanol–water partition coefficient (Wildman–Crippen LogP) is 6.11. The largest absolute Gasteiger partial charge is 0.423 e. The highest BCUT2D eigenvalue weighted by Crippen LogP contribution is 2.48. The molecule has 1 aliphatic rings. The van der Waals surface area contributed by atoms with Crippen molar-refractivity contribution in [3.8, 4) is 12.1 Å². The van der Waals surface area contributed by atoms with E-state index in [2.05, 4.69) is 69.0 Å². The van der Waals surface area contributed by atoms with Crippen molar-refractivity contribution in [2.75, 3.05) is 17.2 Å². The molecule has 3 aromatic heterocycles. The maximum atomic E-state index is 10.1. The molecule has 12 heteroatoms. The van der Waals surface area contributed by atoms with Crippen molar-refractivity contribution in [3.05, 3.63) is 88.0 Å². The van der Waals surface area contributed by atoms with E-state index < -0.39 is 11.6 Å². The molecular weight excluding hydrogens is 564 g/mol. The third-order valence-electron chi connectivity index (χ3n) is 7.43. The monoisotopic (exact) mass is 592 g/mol. The molecule has 1 fully saturated rings. The predicted molar refractivity (Wildman–Crippen MR) is 161 cm³/mol. The molecule has 2 aromatic carbocycles. The maximum Gasteiger partial charge on any atom is 0.244 e. The summed E-state index contributed by atoms with van der Waals surface area (Å²) in [6, 6.07) is 15.1. The molecule has 3 heterocycles. The van der Waals surface area contributed by atoms with Gasteiger partial charge in [-0.1, -0.05) is 55.8 Å². The van der Waals surface area contributed by atoms with Crippen molar-refractivity contribution in [1.29, 1.82) is 10.5 Å². The molecule has 0 spiro atoms. The lowest BCUT2D eigenvalue weighted by Crippen LogP contribution is -2.20. The third kappa shape index (κ3) is 5.36. The fraction of sp³-hybridized carbons (Fsp3) is 0.323. The SMILES string of the molecule is Cc1nnc(C2(n3cc(C(Nc4cc(C#N)c5ncc(C#N)c(NCC(C)(C)C)c5c4)c4ccccc4Cl)nn3)CC2)o1. The van der Waals surface area contributed by atoms with Crippen LogP contribution in [0.3, 0.4) is 0 Å². The van der Waals surface area contributed by atoms with Crippen LogP contribution in [0, 0.1) is 35.0 Å². The molecule has 5 aromatic rings. The van der Waals surface area contributed by atoms with Crippen molar-refractivity contribution in [1.82, 2.24) is 30.2 Å².